The van der Waals surface area contributed by atoms with E-state index in [1.807, 2.05) is 0 Å². The lowest BCUT2D eigenvalue weighted by Gasteiger charge is -2.33. The summed E-state index contributed by atoms with van der Waals surface area (Å²) in [4.78, 5) is 0. The lowest BCUT2D eigenvalue weighted by molar-refractivity contribution is 0.232. The summed E-state index contributed by atoms with van der Waals surface area (Å²) in [6, 6.07) is 0. The van der Waals surface area contributed by atoms with E-state index in [1.165, 1.54) is 18.4 Å². The van der Waals surface area contributed by atoms with Gasteiger partial charge in [0, 0.05) is 5.41 Å². The van der Waals surface area contributed by atoms with Crippen molar-refractivity contribution in [3.05, 3.63) is 34.9 Å². The molecule has 3 aliphatic carbocycles. The second-order valence-electron chi connectivity index (χ2n) is 6.11. The lowest BCUT2D eigenvalue weighted by atomic mass is 9.70. The first-order valence-electron chi connectivity index (χ1n) is 6.05. The molecule has 0 aromatic heterocycles. The van der Waals surface area contributed by atoms with Crippen molar-refractivity contribution in [3.63, 3.8) is 0 Å². The molecule has 0 heterocycles. The van der Waals surface area contributed by atoms with E-state index >= 15 is 0 Å². The SMILES string of the molecule is CC1=CCC2C(C)(C)C3=C(C)C=CC12C3. The Hall–Kier alpha value is -0.780. The van der Waals surface area contributed by atoms with Gasteiger partial charge in [0.15, 0.2) is 0 Å². The van der Waals surface area contributed by atoms with E-state index in [0.29, 0.717) is 10.8 Å². The van der Waals surface area contributed by atoms with Crippen molar-refractivity contribution in [2.45, 2.75) is 40.5 Å². The van der Waals surface area contributed by atoms with Crippen molar-refractivity contribution in [2.75, 3.05) is 0 Å². The fourth-order valence-corrected chi connectivity index (χ4v) is 4.23. The van der Waals surface area contributed by atoms with E-state index in [2.05, 4.69) is 45.9 Å². The fourth-order valence-electron chi connectivity index (χ4n) is 4.23. The van der Waals surface area contributed by atoms with Crippen LogP contribution in [0.2, 0.25) is 0 Å². The minimum atomic E-state index is 0.401. The summed E-state index contributed by atoms with van der Waals surface area (Å²) in [7, 11) is 0. The molecule has 0 nitrogen and oxygen atoms in total. The molecule has 0 saturated heterocycles. The van der Waals surface area contributed by atoms with E-state index in [1.54, 1.807) is 11.1 Å². The molecule has 0 aromatic carbocycles. The largest absolute Gasteiger partial charge is 0.0844 e. The van der Waals surface area contributed by atoms with Crippen molar-refractivity contribution < 1.29 is 0 Å². The Bertz CT molecular complexity index is 417. The standard InChI is InChI=1S/C15H20/c1-10-7-8-15-9-12(10)14(3,4)13(15)6-5-11(15)2/h5,7-8,13H,6,9H2,1-4H3. The molecule has 3 rings (SSSR count). The Balaban J connectivity index is 2.23. The summed E-state index contributed by atoms with van der Waals surface area (Å²) >= 11 is 0. The summed E-state index contributed by atoms with van der Waals surface area (Å²) in [6.45, 7) is 9.49. The van der Waals surface area contributed by atoms with Gasteiger partial charge in [-0.25, -0.2) is 0 Å². The predicted molar refractivity (Wildman–Crippen MR) is 64.5 cm³/mol. The van der Waals surface area contributed by atoms with Crippen molar-refractivity contribution in [1.29, 1.82) is 0 Å². The summed E-state index contributed by atoms with van der Waals surface area (Å²) in [5.41, 5.74) is 5.65. The molecule has 15 heavy (non-hydrogen) atoms. The minimum Gasteiger partial charge on any atom is -0.0844 e. The highest BCUT2D eigenvalue weighted by Gasteiger charge is 2.57. The van der Waals surface area contributed by atoms with Crippen LogP contribution in [0.3, 0.4) is 0 Å². The summed E-state index contributed by atoms with van der Waals surface area (Å²) in [5.74, 6) is 0.814. The third-order valence-electron chi connectivity index (χ3n) is 5.24. The molecule has 0 heteroatoms. The Kier molecular flexibility index (Phi) is 1.56. The average molecular weight is 200 g/mol. The van der Waals surface area contributed by atoms with Gasteiger partial charge in [-0.05, 0) is 38.0 Å². The molecule has 2 bridgehead atoms. The molecule has 2 atom stereocenters. The third-order valence-corrected chi connectivity index (χ3v) is 5.24. The van der Waals surface area contributed by atoms with Gasteiger partial charge in [-0.15, -0.1) is 0 Å². The van der Waals surface area contributed by atoms with Crippen LogP contribution in [0.1, 0.15) is 40.5 Å². The molecular weight excluding hydrogens is 180 g/mol. The molecule has 0 amide bonds. The van der Waals surface area contributed by atoms with Gasteiger partial charge in [-0.2, -0.15) is 0 Å². The van der Waals surface area contributed by atoms with E-state index in [0.717, 1.165) is 5.92 Å². The first-order valence-corrected chi connectivity index (χ1v) is 6.05. The van der Waals surface area contributed by atoms with Crippen LogP contribution in [0, 0.1) is 16.7 Å². The number of allylic oxidation sites excluding steroid dienone is 6. The number of fused-ring (bicyclic) bond motifs is 1. The van der Waals surface area contributed by atoms with Crippen LogP contribution in [0.4, 0.5) is 0 Å². The maximum absolute atomic E-state index is 2.49. The van der Waals surface area contributed by atoms with Crippen LogP contribution in [0.5, 0.6) is 0 Å². The first-order chi connectivity index (χ1) is 6.98. The average Bonchev–Trinajstić information content (AvgIpc) is 2.57. The maximum Gasteiger partial charge on any atom is 0.0168 e. The molecule has 0 radical (unpaired) electrons. The Labute approximate surface area is 92.8 Å². The van der Waals surface area contributed by atoms with Gasteiger partial charge in [-0.1, -0.05) is 48.8 Å². The van der Waals surface area contributed by atoms with Gasteiger partial charge in [0.05, 0.1) is 0 Å². The van der Waals surface area contributed by atoms with E-state index in [-0.39, 0.29) is 0 Å². The second-order valence-corrected chi connectivity index (χ2v) is 6.11. The lowest BCUT2D eigenvalue weighted by Crippen LogP contribution is -2.27. The molecule has 0 aromatic rings. The highest BCUT2D eigenvalue weighted by atomic mass is 14.6. The highest BCUT2D eigenvalue weighted by Crippen LogP contribution is 2.67. The van der Waals surface area contributed by atoms with Crippen molar-refractivity contribution in [2.24, 2.45) is 16.7 Å². The van der Waals surface area contributed by atoms with Crippen LogP contribution >= 0.6 is 0 Å². The van der Waals surface area contributed by atoms with E-state index in [9.17, 15) is 0 Å². The fraction of sp³-hybridized carbons (Fsp3) is 0.600. The summed E-state index contributed by atoms with van der Waals surface area (Å²) in [5, 5.41) is 0. The van der Waals surface area contributed by atoms with Crippen LogP contribution in [0.25, 0.3) is 0 Å². The van der Waals surface area contributed by atoms with Crippen LogP contribution < -0.4 is 0 Å². The van der Waals surface area contributed by atoms with Crippen LogP contribution in [-0.4, -0.2) is 0 Å². The quantitative estimate of drug-likeness (QED) is 0.513. The van der Waals surface area contributed by atoms with E-state index in [4.69, 9.17) is 0 Å². The molecule has 1 spiro atoms. The van der Waals surface area contributed by atoms with Gasteiger partial charge in [0.25, 0.3) is 0 Å². The van der Waals surface area contributed by atoms with Gasteiger partial charge < -0.3 is 0 Å². The van der Waals surface area contributed by atoms with Crippen molar-refractivity contribution in [3.8, 4) is 0 Å². The van der Waals surface area contributed by atoms with E-state index < -0.39 is 0 Å². The smallest absolute Gasteiger partial charge is 0.0168 e. The van der Waals surface area contributed by atoms with Crippen molar-refractivity contribution in [1.82, 2.24) is 0 Å². The maximum atomic E-state index is 2.49. The van der Waals surface area contributed by atoms with Gasteiger partial charge in [0.2, 0.25) is 0 Å². The summed E-state index contributed by atoms with van der Waals surface area (Å²) in [6.07, 6.45) is 9.89. The van der Waals surface area contributed by atoms with Crippen LogP contribution in [0.15, 0.2) is 34.9 Å². The van der Waals surface area contributed by atoms with Crippen molar-refractivity contribution >= 4 is 0 Å². The zero-order chi connectivity index (χ0) is 10.8. The topological polar surface area (TPSA) is 0 Å². The molecule has 0 aliphatic heterocycles. The second kappa shape index (κ2) is 2.48. The minimum absolute atomic E-state index is 0.401. The third kappa shape index (κ3) is 0.891. The zero-order valence-corrected chi connectivity index (χ0v) is 10.2. The molecule has 2 unspecified atom stereocenters. The number of rotatable bonds is 0. The highest BCUT2D eigenvalue weighted by molar-refractivity contribution is 5.48. The number of hydrogen-bond acceptors (Lipinski definition) is 0. The molecule has 1 fully saturated rings. The van der Waals surface area contributed by atoms with Gasteiger partial charge in [0.1, 0.15) is 0 Å². The normalized spacial score (nSPS) is 40.8. The Morgan fingerprint density at radius 2 is 2.00 bits per heavy atom. The zero-order valence-electron chi connectivity index (χ0n) is 10.2. The Morgan fingerprint density at radius 1 is 1.27 bits per heavy atom. The first kappa shape index (κ1) is 9.45. The summed E-state index contributed by atoms with van der Waals surface area (Å²) < 4.78 is 0. The Morgan fingerprint density at radius 3 is 2.73 bits per heavy atom. The molecular formula is C15H20. The van der Waals surface area contributed by atoms with Crippen LogP contribution in [-0.2, 0) is 0 Å². The molecule has 3 aliphatic rings. The molecule has 1 saturated carbocycles. The number of hydrogen-bond donors (Lipinski definition) is 0. The monoisotopic (exact) mass is 200 g/mol. The van der Waals surface area contributed by atoms with Gasteiger partial charge in [-0.3, -0.25) is 0 Å². The van der Waals surface area contributed by atoms with Gasteiger partial charge >= 0.3 is 0 Å². The molecule has 0 N–H and O–H groups in total. The predicted octanol–water partition coefficient (Wildman–Crippen LogP) is 4.26. The molecule has 80 valence electrons.